The van der Waals surface area contributed by atoms with Crippen LogP contribution in [0.25, 0.3) is 0 Å². The van der Waals surface area contributed by atoms with Crippen LogP contribution in [0.15, 0.2) is 5.16 Å². The molecule has 1 rings (SSSR count). The van der Waals surface area contributed by atoms with Gasteiger partial charge in [0, 0.05) is 0 Å². The first-order valence-corrected chi connectivity index (χ1v) is 7.84. The Labute approximate surface area is 144 Å². The lowest BCUT2D eigenvalue weighted by atomic mass is 9.97. The monoisotopic (exact) mass is 369 g/mol. The fourth-order valence-corrected chi connectivity index (χ4v) is 2.32. The van der Waals surface area contributed by atoms with E-state index in [2.05, 4.69) is 9.99 Å². The number of ether oxygens (including phenoxy) is 2. The molecule has 7 N–H and O–H groups in total. The van der Waals surface area contributed by atoms with Gasteiger partial charge in [0.15, 0.2) is 6.29 Å². The molecular weight excluding hydrogens is 342 g/mol. The van der Waals surface area contributed by atoms with Crippen LogP contribution in [0.3, 0.4) is 0 Å². The Morgan fingerprint density at radius 2 is 1.68 bits per heavy atom. The van der Waals surface area contributed by atoms with Crippen molar-refractivity contribution in [3.05, 3.63) is 0 Å². The summed E-state index contributed by atoms with van der Waals surface area (Å²) in [5, 5.41) is 71.5. The number of oxime groups is 1. The minimum atomic E-state index is -1.79. The van der Waals surface area contributed by atoms with Crippen LogP contribution in [0.1, 0.15) is 13.3 Å². The normalized spacial score (nSPS) is 35.3. The maximum atomic E-state index is 9.85. The van der Waals surface area contributed by atoms with Gasteiger partial charge in [-0.3, -0.25) is 0 Å². The van der Waals surface area contributed by atoms with Crippen molar-refractivity contribution >= 4 is 6.21 Å². The Balaban J connectivity index is 2.56. The van der Waals surface area contributed by atoms with E-state index in [9.17, 15) is 35.7 Å². The van der Waals surface area contributed by atoms with Crippen LogP contribution >= 0.6 is 0 Å². The van der Waals surface area contributed by atoms with E-state index in [-0.39, 0.29) is 0 Å². The van der Waals surface area contributed by atoms with Crippen molar-refractivity contribution in [3.8, 4) is 0 Å². The molecule has 0 bridgehead atoms. The van der Waals surface area contributed by atoms with Crippen LogP contribution in [0.4, 0.5) is 0 Å². The Kier molecular flexibility index (Phi) is 9.13. The number of hydrogen-bond donors (Lipinski definition) is 7. The predicted octanol–water partition coefficient (Wildman–Crippen LogP) is -3.70. The topological polar surface area (TPSA) is 182 Å². The highest BCUT2D eigenvalue weighted by molar-refractivity contribution is 5.62. The number of aliphatic hydroxyl groups is 7. The summed E-state index contributed by atoms with van der Waals surface area (Å²) in [6.45, 7) is 1.13. The molecule has 148 valence electrons. The van der Waals surface area contributed by atoms with E-state index in [0.29, 0.717) is 6.42 Å². The Morgan fingerprint density at radius 3 is 2.24 bits per heavy atom. The van der Waals surface area contributed by atoms with Crippen molar-refractivity contribution in [1.29, 1.82) is 0 Å². The third-order valence-electron chi connectivity index (χ3n) is 3.92. The maximum absolute atomic E-state index is 9.85. The Hall–Kier alpha value is -0.890. The minimum absolute atomic E-state index is 0.347. The molecule has 1 fully saturated rings. The van der Waals surface area contributed by atoms with Crippen LogP contribution < -0.4 is 0 Å². The van der Waals surface area contributed by atoms with Gasteiger partial charge in [-0.1, -0.05) is 12.1 Å². The Morgan fingerprint density at radius 1 is 1.04 bits per heavy atom. The van der Waals surface area contributed by atoms with Gasteiger partial charge in [-0.05, 0) is 6.42 Å². The third-order valence-corrected chi connectivity index (χ3v) is 3.92. The van der Waals surface area contributed by atoms with Gasteiger partial charge in [-0.25, -0.2) is 0 Å². The van der Waals surface area contributed by atoms with E-state index in [1.165, 1.54) is 7.11 Å². The van der Waals surface area contributed by atoms with Gasteiger partial charge in [-0.15, -0.1) is 0 Å². The zero-order valence-corrected chi connectivity index (χ0v) is 14.0. The van der Waals surface area contributed by atoms with Gasteiger partial charge in [0.2, 0.25) is 0 Å². The first kappa shape index (κ1) is 22.2. The molecule has 0 radical (unpaired) electrons. The van der Waals surface area contributed by atoms with Gasteiger partial charge >= 0.3 is 0 Å². The number of nitrogens with zero attached hydrogens (tertiary/aromatic N) is 1. The molecule has 0 saturated carbocycles. The molecule has 0 aromatic heterocycles. The first-order valence-electron chi connectivity index (χ1n) is 7.84. The van der Waals surface area contributed by atoms with Crippen LogP contribution in [0.5, 0.6) is 0 Å². The summed E-state index contributed by atoms with van der Waals surface area (Å²) in [5.41, 5.74) is 0. The van der Waals surface area contributed by atoms with E-state index in [0.717, 1.165) is 6.21 Å². The molecule has 0 amide bonds. The van der Waals surface area contributed by atoms with Crippen LogP contribution in [-0.2, 0) is 14.3 Å². The zero-order valence-electron chi connectivity index (χ0n) is 14.0. The summed E-state index contributed by atoms with van der Waals surface area (Å²) < 4.78 is 10.4. The second kappa shape index (κ2) is 10.3. The summed E-state index contributed by atoms with van der Waals surface area (Å²) in [6.07, 6.45) is -12.1. The molecule has 1 aliphatic rings. The van der Waals surface area contributed by atoms with E-state index < -0.39 is 61.7 Å². The SMILES string of the molecule is CCC1O[C@H](OCC(O)[C@@H](O)[C@@H](O)C(O)/C=N/OC)C(O)[C@H](O)[C@@H]1O. The van der Waals surface area contributed by atoms with Crippen molar-refractivity contribution in [2.45, 2.75) is 68.5 Å². The molecule has 9 atom stereocenters. The molecule has 25 heavy (non-hydrogen) atoms. The Bertz CT molecular complexity index is 409. The summed E-state index contributed by atoms with van der Waals surface area (Å²) in [6, 6.07) is 0. The summed E-state index contributed by atoms with van der Waals surface area (Å²) in [7, 11) is 1.22. The van der Waals surface area contributed by atoms with E-state index in [4.69, 9.17) is 9.47 Å². The van der Waals surface area contributed by atoms with E-state index >= 15 is 0 Å². The lowest BCUT2D eigenvalue weighted by Crippen LogP contribution is -2.58. The highest BCUT2D eigenvalue weighted by Gasteiger charge is 2.44. The van der Waals surface area contributed by atoms with Crippen LogP contribution in [0.2, 0.25) is 0 Å². The van der Waals surface area contributed by atoms with Crippen LogP contribution in [-0.4, -0.2) is 111 Å². The van der Waals surface area contributed by atoms with E-state index in [1.807, 2.05) is 0 Å². The van der Waals surface area contributed by atoms with Crippen molar-refractivity contribution in [2.75, 3.05) is 13.7 Å². The molecule has 0 aromatic carbocycles. The largest absolute Gasteiger partial charge is 0.399 e. The first-order chi connectivity index (χ1) is 11.7. The maximum Gasteiger partial charge on any atom is 0.186 e. The number of aliphatic hydroxyl groups excluding tert-OH is 7. The van der Waals surface area contributed by atoms with Gasteiger partial charge in [-0.2, -0.15) is 0 Å². The van der Waals surface area contributed by atoms with Gasteiger partial charge < -0.3 is 50.1 Å². The molecule has 0 aliphatic carbocycles. The molecule has 11 heteroatoms. The average molecular weight is 369 g/mol. The second-order valence-electron chi connectivity index (χ2n) is 5.73. The molecule has 0 aromatic rings. The molecule has 1 aliphatic heterocycles. The average Bonchev–Trinajstić information content (AvgIpc) is 2.62. The smallest absolute Gasteiger partial charge is 0.186 e. The third kappa shape index (κ3) is 5.81. The molecule has 4 unspecified atom stereocenters. The molecular formula is C14H27NO10. The standard InChI is InChI=1S/C14H27NO10/c1-3-8-11(20)12(21)13(22)14(25-8)24-5-7(17)10(19)9(18)6(16)4-15-23-2/h4,6-14,16-22H,3,5H2,1-2H3/b15-4+/t6?,7?,8?,9-,10+,11+,12+,13?,14-/m0/s1. The molecule has 11 nitrogen and oxygen atoms in total. The lowest BCUT2D eigenvalue weighted by molar-refractivity contribution is -0.302. The highest BCUT2D eigenvalue weighted by atomic mass is 16.7. The lowest BCUT2D eigenvalue weighted by Gasteiger charge is -2.40. The quantitative estimate of drug-likeness (QED) is 0.158. The second-order valence-corrected chi connectivity index (χ2v) is 5.73. The highest BCUT2D eigenvalue weighted by Crippen LogP contribution is 2.24. The number of rotatable bonds is 9. The molecule has 1 saturated heterocycles. The molecule has 0 spiro atoms. The zero-order chi connectivity index (χ0) is 19.1. The van der Waals surface area contributed by atoms with Crippen molar-refractivity contribution < 1.29 is 50.1 Å². The summed E-state index contributed by atoms with van der Waals surface area (Å²) in [4.78, 5) is 4.32. The van der Waals surface area contributed by atoms with Crippen molar-refractivity contribution in [1.82, 2.24) is 0 Å². The van der Waals surface area contributed by atoms with Crippen molar-refractivity contribution in [2.24, 2.45) is 5.16 Å². The van der Waals surface area contributed by atoms with Crippen LogP contribution in [0, 0.1) is 0 Å². The summed E-state index contributed by atoms with van der Waals surface area (Å²) >= 11 is 0. The number of hydrogen-bond acceptors (Lipinski definition) is 11. The summed E-state index contributed by atoms with van der Waals surface area (Å²) in [5.74, 6) is 0. The fraction of sp³-hybridized carbons (Fsp3) is 0.929. The fourth-order valence-electron chi connectivity index (χ4n) is 2.32. The van der Waals surface area contributed by atoms with E-state index in [1.54, 1.807) is 6.92 Å². The minimum Gasteiger partial charge on any atom is -0.399 e. The van der Waals surface area contributed by atoms with Gasteiger partial charge in [0.1, 0.15) is 49.8 Å². The van der Waals surface area contributed by atoms with Gasteiger partial charge in [0.25, 0.3) is 0 Å². The van der Waals surface area contributed by atoms with Crippen molar-refractivity contribution in [3.63, 3.8) is 0 Å². The molecule has 1 heterocycles. The predicted molar refractivity (Wildman–Crippen MR) is 82.5 cm³/mol. The van der Waals surface area contributed by atoms with Gasteiger partial charge in [0.05, 0.1) is 18.9 Å².